The number of anilines is 1. The van der Waals surface area contributed by atoms with E-state index in [0.29, 0.717) is 28.7 Å². The van der Waals surface area contributed by atoms with Gasteiger partial charge in [-0.05, 0) is 24.3 Å². The molecule has 2 aromatic carbocycles. The molecule has 3 rings (SSSR count). The van der Waals surface area contributed by atoms with Gasteiger partial charge in [-0.1, -0.05) is 0 Å². The molecule has 0 saturated carbocycles. The van der Waals surface area contributed by atoms with Crippen LogP contribution in [0.15, 0.2) is 36.4 Å². The number of nitrogens with zero attached hydrogens (tertiary/aromatic N) is 1. The summed E-state index contributed by atoms with van der Waals surface area (Å²) in [6.45, 7) is 0.162. The summed E-state index contributed by atoms with van der Waals surface area (Å²) in [7, 11) is 6.14. The van der Waals surface area contributed by atoms with Gasteiger partial charge in [0.05, 0.1) is 47.3 Å². The van der Waals surface area contributed by atoms with Crippen LogP contribution in [-0.2, 0) is 20.9 Å². The third-order valence-corrected chi connectivity index (χ3v) is 5.00. The second kappa shape index (κ2) is 10.0. The number of carbonyl (C=O) groups excluding carboxylic acids is 2. The lowest BCUT2D eigenvalue weighted by molar-refractivity contribution is -0.154. The summed E-state index contributed by atoms with van der Waals surface area (Å²) in [4.78, 5) is 27.2. The standard InChI is InChI=1S/C22H26N2O7/c1-27-15-7-8-19(29-3)17(9-15)23-22(26)18-12-31-13-21(25)24(18)11-14-5-6-16(28-2)10-20(14)30-4/h5-10,18H,11-13H2,1-4H3,(H,23,26)/t18-/m0/s1. The molecule has 1 aliphatic rings. The van der Waals surface area contributed by atoms with E-state index in [4.69, 9.17) is 23.7 Å². The van der Waals surface area contributed by atoms with Crippen molar-refractivity contribution in [3.63, 3.8) is 0 Å². The highest BCUT2D eigenvalue weighted by Crippen LogP contribution is 2.30. The van der Waals surface area contributed by atoms with Gasteiger partial charge in [0.1, 0.15) is 35.6 Å². The summed E-state index contributed by atoms with van der Waals surface area (Å²) < 4.78 is 26.6. The van der Waals surface area contributed by atoms with Crippen LogP contribution in [-0.4, -0.2) is 64.4 Å². The van der Waals surface area contributed by atoms with E-state index in [0.717, 1.165) is 5.56 Å². The Kier molecular flexibility index (Phi) is 7.19. The molecule has 0 radical (unpaired) electrons. The van der Waals surface area contributed by atoms with Gasteiger partial charge in [-0.2, -0.15) is 0 Å². The normalized spacial score (nSPS) is 15.9. The predicted octanol–water partition coefficient (Wildman–Crippen LogP) is 2.09. The zero-order valence-electron chi connectivity index (χ0n) is 18.0. The number of hydrogen-bond donors (Lipinski definition) is 1. The van der Waals surface area contributed by atoms with Gasteiger partial charge in [-0.25, -0.2) is 0 Å². The smallest absolute Gasteiger partial charge is 0.249 e. The molecule has 1 fully saturated rings. The number of morpholine rings is 1. The molecular weight excluding hydrogens is 404 g/mol. The molecule has 0 unspecified atom stereocenters. The van der Waals surface area contributed by atoms with Crippen LogP contribution >= 0.6 is 0 Å². The van der Waals surface area contributed by atoms with Crippen molar-refractivity contribution in [2.75, 3.05) is 47.0 Å². The third kappa shape index (κ3) is 5.00. The summed E-state index contributed by atoms with van der Waals surface area (Å²) in [6.07, 6.45) is 0. The highest BCUT2D eigenvalue weighted by Gasteiger charge is 2.35. The number of methoxy groups -OCH3 is 4. The highest BCUT2D eigenvalue weighted by atomic mass is 16.5. The molecule has 1 atom stereocenters. The van der Waals surface area contributed by atoms with Crippen LogP contribution in [0, 0.1) is 0 Å². The lowest BCUT2D eigenvalue weighted by Gasteiger charge is -2.35. The molecule has 1 aliphatic heterocycles. The second-order valence-corrected chi connectivity index (χ2v) is 6.79. The number of hydrogen-bond acceptors (Lipinski definition) is 7. The fourth-order valence-corrected chi connectivity index (χ4v) is 3.31. The van der Waals surface area contributed by atoms with Gasteiger partial charge >= 0.3 is 0 Å². The summed E-state index contributed by atoms with van der Waals surface area (Å²) in [5.41, 5.74) is 1.18. The molecule has 0 aromatic heterocycles. The molecule has 1 N–H and O–H groups in total. The molecule has 166 valence electrons. The largest absolute Gasteiger partial charge is 0.497 e. The fraction of sp³-hybridized carbons (Fsp3) is 0.364. The molecule has 9 heteroatoms. The predicted molar refractivity (Wildman–Crippen MR) is 113 cm³/mol. The number of benzene rings is 2. The molecular formula is C22H26N2O7. The van der Waals surface area contributed by atoms with Crippen molar-refractivity contribution in [1.82, 2.24) is 4.90 Å². The Morgan fingerprint density at radius 1 is 1.00 bits per heavy atom. The second-order valence-electron chi connectivity index (χ2n) is 6.79. The minimum Gasteiger partial charge on any atom is -0.497 e. The Hall–Kier alpha value is -3.46. The Morgan fingerprint density at radius 2 is 1.68 bits per heavy atom. The Bertz CT molecular complexity index is 947. The van der Waals surface area contributed by atoms with Crippen molar-refractivity contribution in [2.45, 2.75) is 12.6 Å². The van der Waals surface area contributed by atoms with Crippen LogP contribution in [0.4, 0.5) is 5.69 Å². The first-order valence-electron chi connectivity index (χ1n) is 9.61. The van der Waals surface area contributed by atoms with E-state index >= 15 is 0 Å². The van der Waals surface area contributed by atoms with Gasteiger partial charge in [0.25, 0.3) is 0 Å². The lowest BCUT2D eigenvalue weighted by Crippen LogP contribution is -2.54. The molecule has 2 amide bonds. The monoisotopic (exact) mass is 430 g/mol. The molecule has 0 bridgehead atoms. The topological polar surface area (TPSA) is 95.6 Å². The summed E-state index contributed by atoms with van der Waals surface area (Å²) >= 11 is 0. The molecule has 1 heterocycles. The number of rotatable bonds is 8. The van der Waals surface area contributed by atoms with Gasteiger partial charge in [-0.15, -0.1) is 0 Å². The number of amides is 2. The minimum absolute atomic E-state index is 0.0718. The van der Waals surface area contributed by atoms with Crippen molar-refractivity contribution in [3.8, 4) is 23.0 Å². The van der Waals surface area contributed by atoms with Gasteiger partial charge in [0.2, 0.25) is 11.8 Å². The molecule has 31 heavy (non-hydrogen) atoms. The first kappa shape index (κ1) is 22.2. The van der Waals surface area contributed by atoms with E-state index in [-0.39, 0.29) is 25.7 Å². The number of ether oxygens (including phenoxy) is 5. The SMILES string of the molecule is COc1ccc(OC)c(NC(=O)[C@@H]2COCC(=O)N2Cc2ccc(OC)cc2OC)c1. The fourth-order valence-electron chi connectivity index (χ4n) is 3.31. The quantitative estimate of drug-likeness (QED) is 0.685. The lowest BCUT2D eigenvalue weighted by atomic mass is 10.1. The van der Waals surface area contributed by atoms with E-state index in [1.807, 2.05) is 0 Å². The van der Waals surface area contributed by atoms with Crippen molar-refractivity contribution in [1.29, 1.82) is 0 Å². The zero-order valence-corrected chi connectivity index (χ0v) is 18.0. The van der Waals surface area contributed by atoms with Crippen molar-refractivity contribution in [2.24, 2.45) is 0 Å². The average Bonchev–Trinajstić information content (AvgIpc) is 2.80. The number of nitrogens with one attached hydrogen (secondary N) is 1. The Balaban J connectivity index is 1.84. The van der Waals surface area contributed by atoms with E-state index in [1.54, 1.807) is 50.6 Å². The van der Waals surface area contributed by atoms with Gasteiger partial charge in [0, 0.05) is 17.7 Å². The average molecular weight is 430 g/mol. The van der Waals surface area contributed by atoms with Crippen molar-refractivity contribution in [3.05, 3.63) is 42.0 Å². The van der Waals surface area contributed by atoms with E-state index < -0.39 is 11.9 Å². The van der Waals surface area contributed by atoms with E-state index in [1.165, 1.54) is 19.1 Å². The third-order valence-electron chi connectivity index (χ3n) is 5.00. The highest BCUT2D eigenvalue weighted by molar-refractivity contribution is 5.99. The summed E-state index contributed by atoms with van der Waals surface area (Å²) in [6, 6.07) is 9.56. The van der Waals surface area contributed by atoms with Crippen LogP contribution in [0.1, 0.15) is 5.56 Å². The molecule has 0 aliphatic carbocycles. The molecule has 0 spiro atoms. The van der Waals surface area contributed by atoms with Crippen LogP contribution < -0.4 is 24.3 Å². The van der Waals surface area contributed by atoms with E-state index in [2.05, 4.69) is 5.32 Å². The Morgan fingerprint density at radius 3 is 2.35 bits per heavy atom. The van der Waals surface area contributed by atoms with Crippen LogP contribution in [0.25, 0.3) is 0 Å². The maximum atomic E-state index is 13.1. The molecule has 9 nitrogen and oxygen atoms in total. The van der Waals surface area contributed by atoms with E-state index in [9.17, 15) is 9.59 Å². The van der Waals surface area contributed by atoms with Crippen LogP contribution in [0.2, 0.25) is 0 Å². The summed E-state index contributed by atoms with van der Waals surface area (Å²) in [5, 5.41) is 2.82. The zero-order chi connectivity index (χ0) is 22.4. The van der Waals surface area contributed by atoms with Crippen molar-refractivity contribution < 1.29 is 33.3 Å². The first-order valence-corrected chi connectivity index (χ1v) is 9.61. The number of carbonyl (C=O) groups is 2. The Labute approximate surface area is 180 Å². The van der Waals surface area contributed by atoms with Gasteiger partial charge in [0.15, 0.2) is 0 Å². The van der Waals surface area contributed by atoms with Crippen LogP contribution in [0.3, 0.4) is 0 Å². The van der Waals surface area contributed by atoms with Gasteiger partial charge in [-0.3, -0.25) is 9.59 Å². The molecule has 2 aromatic rings. The first-order chi connectivity index (χ1) is 15.0. The van der Waals surface area contributed by atoms with Crippen molar-refractivity contribution >= 4 is 17.5 Å². The summed E-state index contributed by atoms with van der Waals surface area (Å²) in [5.74, 6) is 1.54. The minimum atomic E-state index is -0.830. The van der Waals surface area contributed by atoms with Crippen LogP contribution in [0.5, 0.6) is 23.0 Å². The maximum absolute atomic E-state index is 13.1. The molecule has 1 saturated heterocycles. The maximum Gasteiger partial charge on any atom is 0.249 e. The van der Waals surface area contributed by atoms with Gasteiger partial charge < -0.3 is 33.9 Å².